The van der Waals surface area contributed by atoms with Crippen LogP contribution in [0.4, 0.5) is 5.69 Å². The van der Waals surface area contributed by atoms with Gasteiger partial charge in [0.25, 0.3) is 0 Å². The molecule has 1 radical (unpaired) electrons. The lowest BCUT2D eigenvalue weighted by Crippen LogP contribution is -2.13. The van der Waals surface area contributed by atoms with E-state index in [0.717, 1.165) is 5.69 Å². The summed E-state index contributed by atoms with van der Waals surface area (Å²) in [7, 11) is 0. The van der Waals surface area contributed by atoms with Gasteiger partial charge in [0.15, 0.2) is 0 Å². The van der Waals surface area contributed by atoms with Crippen LogP contribution in [0.15, 0.2) is 30.3 Å². The fraction of sp³-hybridized carbons (Fsp3) is 0.273. The molecule has 1 aromatic carbocycles. The standard InChI is InChI=1S/C11H12N/c1-3-7-10(2)12-11-8-5-4-6-9-11/h4-6,8-10,12H,7H2,2H3. The molecule has 0 aromatic heterocycles. The van der Waals surface area contributed by atoms with Crippen molar-refractivity contribution < 1.29 is 0 Å². The monoisotopic (exact) mass is 158 g/mol. The van der Waals surface area contributed by atoms with Crippen molar-refractivity contribution in [2.75, 3.05) is 5.32 Å². The molecule has 0 saturated carbocycles. The molecule has 0 fully saturated rings. The zero-order valence-corrected chi connectivity index (χ0v) is 7.17. The molecule has 0 aliphatic rings. The molecule has 1 aromatic rings. The van der Waals surface area contributed by atoms with E-state index in [0.29, 0.717) is 6.42 Å². The highest BCUT2D eigenvalue weighted by Crippen LogP contribution is 2.07. The molecule has 1 nitrogen and oxygen atoms in total. The lowest BCUT2D eigenvalue weighted by Gasteiger charge is -2.11. The molecule has 12 heavy (non-hydrogen) atoms. The summed E-state index contributed by atoms with van der Waals surface area (Å²) in [5.74, 6) is 2.38. The van der Waals surface area contributed by atoms with Crippen molar-refractivity contribution in [1.82, 2.24) is 0 Å². The smallest absolute Gasteiger partial charge is 0.0342 e. The highest BCUT2D eigenvalue weighted by Gasteiger charge is 1.97. The first-order chi connectivity index (χ1) is 5.83. The summed E-state index contributed by atoms with van der Waals surface area (Å²) in [4.78, 5) is 0. The van der Waals surface area contributed by atoms with Crippen LogP contribution < -0.4 is 5.32 Å². The van der Waals surface area contributed by atoms with Gasteiger partial charge in [-0.25, -0.2) is 0 Å². The van der Waals surface area contributed by atoms with E-state index >= 15 is 0 Å². The zero-order valence-electron chi connectivity index (χ0n) is 7.17. The highest BCUT2D eigenvalue weighted by atomic mass is 14.9. The second-order valence-electron chi connectivity index (χ2n) is 2.79. The van der Waals surface area contributed by atoms with Crippen molar-refractivity contribution in [1.29, 1.82) is 0 Å². The Labute approximate surface area is 73.8 Å². The molecule has 0 saturated heterocycles. The first-order valence-corrected chi connectivity index (χ1v) is 4.04. The predicted octanol–water partition coefficient (Wildman–Crippen LogP) is 2.47. The Morgan fingerprint density at radius 3 is 2.67 bits per heavy atom. The molecule has 0 aliphatic heterocycles. The minimum atomic E-state index is 0.282. The Bertz CT molecular complexity index is 258. The van der Waals surface area contributed by atoms with Crippen LogP contribution in [-0.2, 0) is 0 Å². The number of benzene rings is 1. The molecule has 1 heteroatoms. The van der Waals surface area contributed by atoms with Gasteiger partial charge in [-0.05, 0) is 25.5 Å². The van der Waals surface area contributed by atoms with E-state index in [2.05, 4.69) is 11.2 Å². The molecule has 0 aliphatic carbocycles. The average molecular weight is 158 g/mol. The maximum atomic E-state index is 6.81. The molecule has 1 N–H and O–H groups in total. The first-order valence-electron chi connectivity index (χ1n) is 4.04. The molecule has 0 heterocycles. The van der Waals surface area contributed by atoms with E-state index < -0.39 is 0 Å². The van der Waals surface area contributed by atoms with E-state index in [1.54, 1.807) is 0 Å². The zero-order chi connectivity index (χ0) is 8.81. The van der Waals surface area contributed by atoms with Crippen LogP contribution in [0, 0.1) is 12.3 Å². The third-order valence-corrected chi connectivity index (χ3v) is 1.60. The first kappa shape index (κ1) is 8.67. The molecule has 1 unspecified atom stereocenters. The number of hydrogen-bond acceptors (Lipinski definition) is 1. The second kappa shape index (κ2) is 4.46. The summed E-state index contributed by atoms with van der Waals surface area (Å²) >= 11 is 0. The van der Waals surface area contributed by atoms with Crippen LogP contribution in [0.1, 0.15) is 13.3 Å². The quantitative estimate of drug-likeness (QED) is 0.666. The Kier molecular flexibility index (Phi) is 3.22. The molecule has 0 spiro atoms. The fourth-order valence-electron chi connectivity index (χ4n) is 1.02. The largest absolute Gasteiger partial charge is 0.382 e. The van der Waals surface area contributed by atoms with Crippen LogP contribution >= 0.6 is 0 Å². The Morgan fingerprint density at radius 2 is 2.08 bits per heavy atom. The fourth-order valence-corrected chi connectivity index (χ4v) is 1.02. The summed E-state index contributed by atoms with van der Waals surface area (Å²) in [6.07, 6.45) is 7.46. The molecule has 61 valence electrons. The molecule has 0 amide bonds. The van der Waals surface area contributed by atoms with Gasteiger partial charge < -0.3 is 5.32 Å². The predicted molar refractivity (Wildman–Crippen MR) is 51.3 cm³/mol. The molecule has 0 bridgehead atoms. The highest BCUT2D eigenvalue weighted by molar-refractivity contribution is 5.43. The Balaban J connectivity index is 2.48. The van der Waals surface area contributed by atoms with E-state index in [-0.39, 0.29) is 6.04 Å². The van der Waals surface area contributed by atoms with E-state index in [9.17, 15) is 0 Å². The van der Waals surface area contributed by atoms with E-state index in [4.69, 9.17) is 6.42 Å². The number of anilines is 1. The topological polar surface area (TPSA) is 12.0 Å². The molecule has 1 rings (SSSR count). The summed E-state index contributed by atoms with van der Waals surface area (Å²) in [5, 5.41) is 3.26. The lowest BCUT2D eigenvalue weighted by atomic mass is 10.2. The minimum absolute atomic E-state index is 0.282. The number of para-hydroxylation sites is 1. The van der Waals surface area contributed by atoms with Crippen LogP contribution in [0.2, 0.25) is 0 Å². The maximum Gasteiger partial charge on any atom is 0.0342 e. The van der Waals surface area contributed by atoms with Crippen LogP contribution in [0.5, 0.6) is 0 Å². The lowest BCUT2D eigenvalue weighted by molar-refractivity contribution is 0.828. The van der Waals surface area contributed by atoms with Crippen molar-refractivity contribution in [3.8, 4) is 5.92 Å². The van der Waals surface area contributed by atoms with E-state index in [1.165, 1.54) is 0 Å². The maximum absolute atomic E-state index is 6.81. The van der Waals surface area contributed by atoms with Crippen molar-refractivity contribution in [3.63, 3.8) is 0 Å². The molecular weight excluding hydrogens is 146 g/mol. The van der Waals surface area contributed by atoms with Gasteiger partial charge >= 0.3 is 0 Å². The van der Waals surface area contributed by atoms with Gasteiger partial charge in [0, 0.05) is 18.2 Å². The van der Waals surface area contributed by atoms with Gasteiger partial charge in [-0.15, -0.1) is 0 Å². The molecule has 1 atom stereocenters. The van der Waals surface area contributed by atoms with Gasteiger partial charge in [0.2, 0.25) is 0 Å². The van der Waals surface area contributed by atoms with Crippen molar-refractivity contribution >= 4 is 5.69 Å². The van der Waals surface area contributed by atoms with Crippen LogP contribution in [0.3, 0.4) is 0 Å². The third-order valence-electron chi connectivity index (χ3n) is 1.60. The SMILES string of the molecule is [C]#CCC(C)Nc1ccccc1. The number of rotatable bonds is 3. The van der Waals surface area contributed by atoms with E-state index in [1.807, 2.05) is 37.3 Å². The summed E-state index contributed by atoms with van der Waals surface area (Å²) < 4.78 is 0. The summed E-state index contributed by atoms with van der Waals surface area (Å²) in [5.41, 5.74) is 1.10. The Hall–Kier alpha value is -1.42. The van der Waals surface area contributed by atoms with Gasteiger partial charge in [0.05, 0.1) is 0 Å². The van der Waals surface area contributed by atoms with Gasteiger partial charge in [-0.3, -0.25) is 0 Å². The van der Waals surface area contributed by atoms with Crippen molar-refractivity contribution in [3.05, 3.63) is 36.8 Å². The summed E-state index contributed by atoms with van der Waals surface area (Å²) in [6, 6.07) is 10.3. The normalized spacial score (nSPS) is 11.7. The average Bonchev–Trinajstić information content (AvgIpc) is 2.06. The minimum Gasteiger partial charge on any atom is -0.382 e. The van der Waals surface area contributed by atoms with Crippen molar-refractivity contribution in [2.45, 2.75) is 19.4 Å². The van der Waals surface area contributed by atoms with Crippen molar-refractivity contribution in [2.24, 2.45) is 0 Å². The Morgan fingerprint density at radius 1 is 1.42 bits per heavy atom. The van der Waals surface area contributed by atoms with Gasteiger partial charge in [0.1, 0.15) is 0 Å². The van der Waals surface area contributed by atoms with Gasteiger partial charge in [-0.2, -0.15) is 0 Å². The summed E-state index contributed by atoms with van der Waals surface area (Å²) in [6.45, 7) is 2.04. The van der Waals surface area contributed by atoms with Crippen LogP contribution in [0.25, 0.3) is 0 Å². The molecular formula is C11H12N. The number of nitrogens with one attached hydrogen (secondary N) is 1. The van der Waals surface area contributed by atoms with Crippen LogP contribution in [-0.4, -0.2) is 6.04 Å². The third kappa shape index (κ3) is 2.67. The number of hydrogen-bond donors (Lipinski definition) is 1. The second-order valence-corrected chi connectivity index (χ2v) is 2.79. The van der Waals surface area contributed by atoms with Gasteiger partial charge in [-0.1, -0.05) is 24.1 Å².